The minimum absolute atomic E-state index is 0.00405. The molecule has 116 valence electrons. The van der Waals surface area contributed by atoms with Crippen LogP contribution in [0.25, 0.3) is 0 Å². The average Bonchev–Trinajstić information content (AvgIpc) is 3.16. The molecule has 1 N–H and O–H groups in total. The van der Waals surface area contributed by atoms with Crippen molar-refractivity contribution in [3.05, 3.63) is 29.8 Å². The summed E-state index contributed by atoms with van der Waals surface area (Å²) in [6.07, 6.45) is 2.78. The van der Waals surface area contributed by atoms with Gasteiger partial charge in [-0.3, -0.25) is 9.10 Å². The lowest BCUT2D eigenvalue weighted by molar-refractivity contribution is -0.121. The van der Waals surface area contributed by atoms with Gasteiger partial charge in [-0.2, -0.15) is 0 Å². The minimum atomic E-state index is -3.69. The summed E-state index contributed by atoms with van der Waals surface area (Å²) in [6, 6.07) is 3.01. The second kappa shape index (κ2) is 5.97. The SMILES string of the molecule is CS(=O)(=O)N(CCC(=O)NC1CC1)c1ccc(F)c(F)c1. The number of sulfonamides is 1. The Morgan fingerprint density at radius 3 is 2.52 bits per heavy atom. The van der Waals surface area contributed by atoms with Gasteiger partial charge in [0, 0.05) is 25.1 Å². The highest BCUT2D eigenvalue weighted by Gasteiger charge is 2.24. The topological polar surface area (TPSA) is 66.5 Å². The zero-order valence-corrected chi connectivity index (χ0v) is 12.3. The van der Waals surface area contributed by atoms with Gasteiger partial charge >= 0.3 is 0 Å². The van der Waals surface area contributed by atoms with Gasteiger partial charge in [-0.15, -0.1) is 0 Å². The average molecular weight is 318 g/mol. The van der Waals surface area contributed by atoms with Gasteiger partial charge in [-0.25, -0.2) is 17.2 Å². The van der Waals surface area contributed by atoms with Gasteiger partial charge in [0.1, 0.15) is 0 Å². The van der Waals surface area contributed by atoms with Crippen molar-refractivity contribution in [2.75, 3.05) is 17.1 Å². The zero-order valence-electron chi connectivity index (χ0n) is 11.5. The smallest absolute Gasteiger partial charge is 0.232 e. The molecule has 0 spiro atoms. The Labute approximate surface area is 122 Å². The molecule has 8 heteroatoms. The van der Waals surface area contributed by atoms with Gasteiger partial charge in [0.25, 0.3) is 0 Å². The summed E-state index contributed by atoms with van der Waals surface area (Å²) >= 11 is 0. The Balaban J connectivity index is 2.10. The van der Waals surface area contributed by atoms with Crippen LogP contribution in [0.4, 0.5) is 14.5 Å². The maximum Gasteiger partial charge on any atom is 0.232 e. The number of hydrogen-bond acceptors (Lipinski definition) is 3. The highest BCUT2D eigenvalue weighted by atomic mass is 32.2. The lowest BCUT2D eigenvalue weighted by Gasteiger charge is -2.22. The Hall–Kier alpha value is -1.70. The van der Waals surface area contributed by atoms with Crippen molar-refractivity contribution >= 4 is 21.6 Å². The van der Waals surface area contributed by atoms with Crippen LogP contribution in [0.2, 0.25) is 0 Å². The molecule has 0 saturated heterocycles. The molecule has 0 aliphatic heterocycles. The molecule has 1 aliphatic rings. The third-order valence-corrected chi connectivity index (χ3v) is 4.27. The lowest BCUT2D eigenvalue weighted by Crippen LogP contribution is -2.35. The Kier molecular flexibility index (Phi) is 4.46. The summed E-state index contributed by atoms with van der Waals surface area (Å²) in [6.45, 7) is -0.123. The number of nitrogens with zero attached hydrogens (tertiary/aromatic N) is 1. The number of benzene rings is 1. The summed E-state index contributed by atoms with van der Waals surface area (Å²) in [5.74, 6) is -2.45. The largest absolute Gasteiger partial charge is 0.353 e. The van der Waals surface area contributed by atoms with Crippen LogP contribution in [-0.2, 0) is 14.8 Å². The standard InChI is InChI=1S/C13H16F2N2O3S/c1-21(19,20)17(7-6-13(18)16-9-2-3-9)10-4-5-11(14)12(15)8-10/h4-5,8-9H,2-3,6-7H2,1H3,(H,16,18). The molecule has 0 atom stereocenters. The molecule has 0 heterocycles. The van der Waals surface area contributed by atoms with Crippen molar-refractivity contribution in [2.45, 2.75) is 25.3 Å². The van der Waals surface area contributed by atoms with E-state index in [1.54, 1.807) is 0 Å². The van der Waals surface area contributed by atoms with Crippen LogP contribution >= 0.6 is 0 Å². The molecule has 1 saturated carbocycles. The van der Waals surface area contributed by atoms with E-state index in [2.05, 4.69) is 5.32 Å². The quantitative estimate of drug-likeness (QED) is 0.862. The van der Waals surface area contributed by atoms with Crippen molar-refractivity contribution < 1.29 is 22.0 Å². The Morgan fingerprint density at radius 2 is 2.00 bits per heavy atom. The number of hydrogen-bond donors (Lipinski definition) is 1. The monoisotopic (exact) mass is 318 g/mol. The molecule has 0 bridgehead atoms. The van der Waals surface area contributed by atoms with E-state index in [1.807, 2.05) is 0 Å². The molecule has 21 heavy (non-hydrogen) atoms. The van der Waals surface area contributed by atoms with Crippen LogP contribution in [0.15, 0.2) is 18.2 Å². The summed E-state index contributed by atoms with van der Waals surface area (Å²) in [7, 11) is -3.69. The Morgan fingerprint density at radius 1 is 1.33 bits per heavy atom. The molecule has 0 radical (unpaired) electrons. The molecular formula is C13H16F2N2O3S. The molecule has 1 fully saturated rings. The van der Waals surface area contributed by atoms with Crippen molar-refractivity contribution in [2.24, 2.45) is 0 Å². The van der Waals surface area contributed by atoms with E-state index in [0.29, 0.717) is 0 Å². The first-order chi connectivity index (χ1) is 9.77. The molecule has 1 amide bonds. The van der Waals surface area contributed by atoms with Crippen LogP contribution in [0.5, 0.6) is 0 Å². The third-order valence-electron chi connectivity index (χ3n) is 3.08. The van der Waals surface area contributed by atoms with Crippen molar-refractivity contribution in [3.63, 3.8) is 0 Å². The zero-order chi connectivity index (χ0) is 15.6. The number of nitrogens with one attached hydrogen (secondary N) is 1. The van der Waals surface area contributed by atoms with Crippen LogP contribution in [-0.4, -0.2) is 33.2 Å². The fourth-order valence-electron chi connectivity index (χ4n) is 1.86. The van der Waals surface area contributed by atoms with Gasteiger partial charge in [-0.1, -0.05) is 0 Å². The highest BCUT2D eigenvalue weighted by Crippen LogP contribution is 2.21. The number of halogens is 2. The van der Waals surface area contributed by atoms with Crippen LogP contribution < -0.4 is 9.62 Å². The van der Waals surface area contributed by atoms with E-state index in [9.17, 15) is 22.0 Å². The summed E-state index contributed by atoms with van der Waals surface area (Å²) in [5, 5.41) is 2.74. The molecule has 1 aromatic carbocycles. The van der Waals surface area contributed by atoms with Gasteiger partial charge in [0.05, 0.1) is 11.9 Å². The first-order valence-corrected chi connectivity index (χ1v) is 8.34. The maximum absolute atomic E-state index is 13.2. The predicted octanol–water partition coefficient (Wildman–Crippen LogP) is 1.40. The first-order valence-electron chi connectivity index (χ1n) is 6.49. The molecule has 0 unspecified atom stereocenters. The van der Waals surface area contributed by atoms with Crippen molar-refractivity contribution in [3.8, 4) is 0 Å². The minimum Gasteiger partial charge on any atom is -0.353 e. The van der Waals surface area contributed by atoms with Gasteiger partial charge < -0.3 is 5.32 Å². The van der Waals surface area contributed by atoms with Gasteiger partial charge in [0.15, 0.2) is 11.6 Å². The number of anilines is 1. The third kappa shape index (κ3) is 4.38. The second-order valence-corrected chi connectivity index (χ2v) is 6.93. The fourth-order valence-corrected chi connectivity index (χ4v) is 2.78. The summed E-state index contributed by atoms with van der Waals surface area (Å²) < 4.78 is 50.5. The van der Waals surface area contributed by atoms with Gasteiger partial charge in [0.2, 0.25) is 15.9 Å². The van der Waals surface area contributed by atoms with Crippen LogP contribution in [0.1, 0.15) is 19.3 Å². The molecule has 0 aromatic heterocycles. The highest BCUT2D eigenvalue weighted by molar-refractivity contribution is 7.92. The normalized spacial score (nSPS) is 14.8. The van der Waals surface area contributed by atoms with Crippen LogP contribution in [0.3, 0.4) is 0 Å². The van der Waals surface area contributed by atoms with Crippen molar-refractivity contribution in [1.82, 2.24) is 5.32 Å². The van der Waals surface area contributed by atoms with E-state index < -0.39 is 21.7 Å². The van der Waals surface area contributed by atoms with Gasteiger partial charge in [-0.05, 0) is 25.0 Å². The van der Waals surface area contributed by atoms with Crippen LogP contribution in [0, 0.1) is 11.6 Å². The number of carbonyl (C=O) groups excluding carboxylic acids is 1. The first kappa shape index (κ1) is 15.7. The predicted molar refractivity (Wildman–Crippen MR) is 74.3 cm³/mol. The number of amides is 1. The molecule has 1 aliphatic carbocycles. The van der Waals surface area contributed by atoms with Crippen molar-refractivity contribution in [1.29, 1.82) is 0 Å². The van der Waals surface area contributed by atoms with E-state index in [1.165, 1.54) is 0 Å². The molecule has 1 aromatic rings. The van der Waals surface area contributed by atoms with E-state index >= 15 is 0 Å². The maximum atomic E-state index is 13.2. The van der Waals surface area contributed by atoms with E-state index in [4.69, 9.17) is 0 Å². The molecule has 2 rings (SSSR count). The molecule has 5 nitrogen and oxygen atoms in total. The summed E-state index contributed by atoms with van der Waals surface area (Å²) in [4.78, 5) is 11.6. The number of rotatable bonds is 6. The fraction of sp³-hybridized carbons (Fsp3) is 0.462. The van der Waals surface area contributed by atoms with E-state index in [-0.39, 0.29) is 30.6 Å². The number of carbonyl (C=O) groups is 1. The van der Waals surface area contributed by atoms with E-state index in [0.717, 1.165) is 41.6 Å². The molecular weight excluding hydrogens is 302 g/mol. The second-order valence-electron chi connectivity index (χ2n) is 5.03. The summed E-state index contributed by atoms with van der Waals surface area (Å²) in [5.41, 5.74) is -0.00405. The lowest BCUT2D eigenvalue weighted by atomic mass is 10.3. The Bertz CT molecular complexity index is 645.